The third kappa shape index (κ3) is 6.20. The largest absolute Gasteiger partial charge is 0.353 e. The van der Waals surface area contributed by atoms with Crippen molar-refractivity contribution < 1.29 is 4.79 Å². The molecule has 0 bridgehead atoms. The van der Waals surface area contributed by atoms with Crippen LogP contribution in [0.1, 0.15) is 53.9 Å². The molecule has 1 N–H and O–H groups in total. The standard InChI is InChI=1S/C6H11NO.2C2H6/c1-2-5-3-4-6(8)7-5;2*1-2/h5H,2-4H2,1H3,(H,7,8);2*1-2H3. The van der Waals surface area contributed by atoms with Crippen molar-refractivity contribution in [3.8, 4) is 0 Å². The first-order chi connectivity index (χ1) is 5.83. The molecule has 1 heterocycles. The maximum Gasteiger partial charge on any atom is 0.220 e. The topological polar surface area (TPSA) is 29.1 Å². The van der Waals surface area contributed by atoms with Crippen molar-refractivity contribution in [2.45, 2.75) is 59.9 Å². The zero-order valence-corrected chi connectivity index (χ0v) is 9.11. The maximum atomic E-state index is 10.5. The van der Waals surface area contributed by atoms with E-state index in [2.05, 4.69) is 12.2 Å². The summed E-state index contributed by atoms with van der Waals surface area (Å²) in [4.78, 5) is 10.5. The van der Waals surface area contributed by atoms with Gasteiger partial charge in [0.05, 0.1) is 0 Å². The van der Waals surface area contributed by atoms with Crippen molar-refractivity contribution in [1.82, 2.24) is 5.32 Å². The van der Waals surface area contributed by atoms with E-state index in [9.17, 15) is 4.79 Å². The van der Waals surface area contributed by atoms with Crippen molar-refractivity contribution in [2.24, 2.45) is 0 Å². The molecule has 74 valence electrons. The van der Waals surface area contributed by atoms with E-state index in [0.29, 0.717) is 6.04 Å². The molecule has 0 aromatic rings. The van der Waals surface area contributed by atoms with Crippen molar-refractivity contribution in [3.63, 3.8) is 0 Å². The molecule has 0 aliphatic carbocycles. The van der Waals surface area contributed by atoms with E-state index in [1.54, 1.807) is 0 Å². The molecular formula is C10H23NO. The summed E-state index contributed by atoms with van der Waals surface area (Å²) in [5.74, 6) is 0.219. The number of hydrogen-bond acceptors (Lipinski definition) is 1. The average Bonchev–Trinajstić information content (AvgIpc) is 2.58. The number of amides is 1. The fourth-order valence-electron chi connectivity index (χ4n) is 0.984. The Morgan fingerprint density at radius 3 is 2.00 bits per heavy atom. The van der Waals surface area contributed by atoms with Gasteiger partial charge in [-0.05, 0) is 12.8 Å². The molecule has 12 heavy (non-hydrogen) atoms. The van der Waals surface area contributed by atoms with Gasteiger partial charge in [0.1, 0.15) is 0 Å². The van der Waals surface area contributed by atoms with Crippen molar-refractivity contribution in [3.05, 3.63) is 0 Å². The molecule has 1 aliphatic heterocycles. The van der Waals surface area contributed by atoms with Crippen LogP contribution in [0.15, 0.2) is 0 Å². The molecule has 0 spiro atoms. The zero-order valence-electron chi connectivity index (χ0n) is 9.11. The van der Waals surface area contributed by atoms with E-state index in [0.717, 1.165) is 19.3 Å². The average molecular weight is 173 g/mol. The SMILES string of the molecule is CC.CC.CCC1CCC(=O)N1. The van der Waals surface area contributed by atoms with E-state index >= 15 is 0 Å². The molecule has 2 heteroatoms. The van der Waals surface area contributed by atoms with Gasteiger partial charge in [-0.15, -0.1) is 0 Å². The summed E-state index contributed by atoms with van der Waals surface area (Å²) in [5, 5.41) is 2.86. The van der Waals surface area contributed by atoms with Gasteiger partial charge in [0, 0.05) is 12.5 Å². The summed E-state index contributed by atoms with van der Waals surface area (Å²) in [7, 11) is 0. The van der Waals surface area contributed by atoms with Gasteiger partial charge in [0.15, 0.2) is 0 Å². The van der Waals surface area contributed by atoms with Crippen LogP contribution in [0.5, 0.6) is 0 Å². The molecule has 1 saturated heterocycles. The van der Waals surface area contributed by atoms with E-state index in [1.807, 2.05) is 27.7 Å². The quantitative estimate of drug-likeness (QED) is 0.649. The summed E-state index contributed by atoms with van der Waals surface area (Å²) < 4.78 is 0. The third-order valence-corrected chi connectivity index (χ3v) is 1.58. The number of nitrogens with one attached hydrogen (secondary N) is 1. The van der Waals surface area contributed by atoms with E-state index in [4.69, 9.17) is 0 Å². The van der Waals surface area contributed by atoms with Crippen LogP contribution < -0.4 is 5.32 Å². The van der Waals surface area contributed by atoms with Crippen LogP contribution in [0, 0.1) is 0 Å². The Kier molecular flexibility index (Phi) is 12.2. The van der Waals surface area contributed by atoms with E-state index in [-0.39, 0.29) is 5.91 Å². The van der Waals surface area contributed by atoms with Gasteiger partial charge < -0.3 is 5.32 Å². The number of carbonyl (C=O) groups is 1. The lowest BCUT2D eigenvalue weighted by atomic mass is 10.2. The van der Waals surface area contributed by atoms with E-state index in [1.165, 1.54) is 0 Å². The second kappa shape index (κ2) is 10.5. The number of hydrogen-bond donors (Lipinski definition) is 1. The van der Waals surface area contributed by atoms with Crippen molar-refractivity contribution in [1.29, 1.82) is 0 Å². The summed E-state index contributed by atoms with van der Waals surface area (Å²) >= 11 is 0. The van der Waals surface area contributed by atoms with Crippen LogP contribution in [-0.4, -0.2) is 11.9 Å². The fraction of sp³-hybridized carbons (Fsp3) is 0.900. The van der Waals surface area contributed by atoms with Crippen molar-refractivity contribution >= 4 is 5.91 Å². The van der Waals surface area contributed by atoms with Gasteiger partial charge >= 0.3 is 0 Å². The lowest BCUT2D eigenvalue weighted by Crippen LogP contribution is -2.23. The van der Waals surface area contributed by atoms with Crippen LogP contribution in [0.3, 0.4) is 0 Å². The highest BCUT2D eigenvalue weighted by Gasteiger charge is 2.17. The zero-order chi connectivity index (χ0) is 9.98. The van der Waals surface area contributed by atoms with Gasteiger partial charge in [-0.3, -0.25) is 4.79 Å². The van der Waals surface area contributed by atoms with Crippen LogP contribution in [-0.2, 0) is 4.79 Å². The monoisotopic (exact) mass is 173 g/mol. The number of carbonyl (C=O) groups excluding carboxylic acids is 1. The Morgan fingerprint density at radius 2 is 1.83 bits per heavy atom. The minimum Gasteiger partial charge on any atom is -0.353 e. The number of rotatable bonds is 1. The van der Waals surface area contributed by atoms with Crippen molar-refractivity contribution in [2.75, 3.05) is 0 Å². The van der Waals surface area contributed by atoms with Gasteiger partial charge in [0.2, 0.25) is 5.91 Å². The first-order valence-corrected chi connectivity index (χ1v) is 5.12. The van der Waals surface area contributed by atoms with Gasteiger partial charge in [-0.2, -0.15) is 0 Å². The lowest BCUT2D eigenvalue weighted by molar-refractivity contribution is -0.119. The first kappa shape index (κ1) is 14.0. The smallest absolute Gasteiger partial charge is 0.220 e. The van der Waals surface area contributed by atoms with E-state index < -0.39 is 0 Å². The van der Waals surface area contributed by atoms with Crippen LogP contribution in [0.25, 0.3) is 0 Å². The second-order valence-corrected chi connectivity index (χ2v) is 2.21. The second-order valence-electron chi connectivity index (χ2n) is 2.21. The highest BCUT2D eigenvalue weighted by Crippen LogP contribution is 2.08. The highest BCUT2D eigenvalue weighted by atomic mass is 16.1. The normalized spacial score (nSPS) is 19.8. The molecule has 1 atom stereocenters. The predicted molar refractivity (Wildman–Crippen MR) is 54.2 cm³/mol. The molecule has 1 aliphatic rings. The van der Waals surface area contributed by atoms with Crippen LogP contribution in [0.2, 0.25) is 0 Å². The molecule has 0 saturated carbocycles. The molecule has 0 radical (unpaired) electrons. The van der Waals surface area contributed by atoms with Crippen LogP contribution >= 0.6 is 0 Å². The third-order valence-electron chi connectivity index (χ3n) is 1.58. The molecule has 2 nitrogen and oxygen atoms in total. The molecule has 1 rings (SSSR count). The Balaban J connectivity index is 0. The first-order valence-electron chi connectivity index (χ1n) is 5.12. The van der Waals surface area contributed by atoms with Gasteiger partial charge in [-0.25, -0.2) is 0 Å². The Hall–Kier alpha value is -0.530. The summed E-state index contributed by atoms with van der Waals surface area (Å²) in [6.07, 6.45) is 2.85. The summed E-state index contributed by atoms with van der Waals surface area (Å²) in [6.45, 7) is 10.1. The lowest BCUT2D eigenvalue weighted by Gasteiger charge is -2.02. The molecule has 0 aromatic carbocycles. The predicted octanol–water partition coefficient (Wildman–Crippen LogP) is 2.73. The Labute approximate surface area is 76.7 Å². The summed E-state index contributed by atoms with van der Waals surface area (Å²) in [6, 6.07) is 0.475. The molecular weight excluding hydrogens is 150 g/mol. The minimum absolute atomic E-state index is 0.219. The fourth-order valence-corrected chi connectivity index (χ4v) is 0.984. The molecule has 1 unspecified atom stereocenters. The Morgan fingerprint density at radius 1 is 1.33 bits per heavy atom. The van der Waals surface area contributed by atoms with Crippen LogP contribution in [0.4, 0.5) is 0 Å². The molecule has 1 fully saturated rings. The maximum absolute atomic E-state index is 10.5. The molecule has 0 aromatic heterocycles. The van der Waals surface area contributed by atoms with Gasteiger partial charge in [-0.1, -0.05) is 34.6 Å². The van der Waals surface area contributed by atoms with Gasteiger partial charge in [0.25, 0.3) is 0 Å². The highest BCUT2D eigenvalue weighted by molar-refractivity contribution is 5.78. The minimum atomic E-state index is 0.219. The summed E-state index contributed by atoms with van der Waals surface area (Å²) in [5.41, 5.74) is 0. The Bertz CT molecular complexity index is 102. The molecule has 1 amide bonds.